The number of rotatable bonds is 6. The molecule has 0 aliphatic carbocycles. The van der Waals surface area contributed by atoms with E-state index >= 15 is 0 Å². The lowest BCUT2D eigenvalue weighted by atomic mass is 9.80. The zero-order valence-corrected chi connectivity index (χ0v) is 14.2. The molecular formula is C17H30N4O. The third kappa shape index (κ3) is 3.81. The number of hydrogen-bond acceptors (Lipinski definition) is 2. The van der Waals surface area contributed by atoms with Crippen molar-refractivity contribution in [2.45, 2.75) is 58.8 Å². The number of imidazole rings is 1. The van der Waals surface area contributed by atoms with Gasteiger partial charge in [0.2, 0.25) is 0 Å². The van der Waals surface area contributed by atoms with Crippen molar-refractivity contribution in [1.82, 2.24) is 20.2 Å². The molecule has 2 heterocycles. The zero-order valence-electron chi connectivity index (χ0n) is 14.2. The normalized spacial score (nSPS) is 19.2. The fraction of sp³-hybridized carbons (Fsp3) is 0.765. The zero-order chi connectivity index (χ0) is 16.0. The standard InChI is InChI=1S/C17H30N4O/c1-4-17(5-2,6-3)13-20-16(22)21-11-7-8-14(12-21)15-18-9-10-19-15/h9-10,14H,4-8,11-13H2,1-3H3,(H,18,19)(H,20,22)/t14-/m1/s1. The molecule has 0 aromatic carbocycles. The minimum absolute atomic E-state index is 0.0796. The van der Waals surface area contributed by atoms with Gasteiger partial charge in [-0.05, 0) is 37.5 Å². The van der Waals surface area contributed by atoms with Gasteiger partial charge in [0.05, 0.1) is 0 Å². The van der Waals surface area contributed by atoms with E-state index in [9.17, 15) is 4.79 Å². The van der Waals surface area contributed by atoms with Crippen LogP contribution in [-0.2, 0) is 0 Å². The quantitative estimate of drug-likeness (QED) is 0.845. The van der Waals surface area contributed by atoms with Crippen molar-refractivity contribution in [3.63, 3.8) is 0 Å². The Kier molecular flexibility index (Phi) is 5.86. The van der Waals surface area contributed by atoms with E-state index < -0.39 is 0 Å². The van der Waals surface area contributed by atoms with Crippen LogP contribution in [-0.4, -0.2) is 40.5 Å². The first-order chi connectivity index (χ1) is 10.6. The molecule has 0 bridgehead atoms. The van der Waals surface area contributed by atoms with Crippen LogP contribution in [0, 0.1) is 5.41 Å². The Balaban J connectivity index is 1.89. The summed E-state index contributed by atoms with van der Waals surface area (Å²) in [4.78, 5) is 22.0. The van der Waals surface area contributed by atoms with Crippen LogP contribution >= 0.6 is 0 Å². The van der Waals surface area contributed by atoms with Crippen molar-refractivity contribution in [1.29, 1.82) is 0 Å². The van der Waals surface area contributed by atoms with Gasteiger partial charge in [-0.2, -0.15) is 0 Å². The average molecular weight is 306 g/mol. The van der Waals surface area contributed by atoms with Gasteiger partial charge >= 0.3 is 6.03 Å². The number of hydrogen-bond donors (Lipinski definition) is 2. The van der Waals surface area contributed by atoms with Gasteiger partial charge in [-0.15, -0.1) is 0 Å². The predicted molar refractivity (Wildman–Crippen MR) is 88.8 cm³/mol. The van der Waals surface area contributed by atoms with E-state index in [2.05, 4.69) is 36.1 Å². The molecule has 1 fully saturated rings. The minimum Gasteiger partial charge on any atom is -0.348 e. The number of urea groups is 1. The molecule has 124 valence electrons. The number of H-pyrrole nitrogens is 1. The predicted octanol–water partition coefficient (Wildman–Crippen LogP) is 3.52. The number of carbonyl (C=O) groups is 1. The highest BCUT2D eigenvalue weighted by atomic mass is 16.2. The van der Waals surface area contributed by atoms with Crippen LogP contribution in [0.3, 0.4) is 0 Å². The first-order valence-electron chi connectivity index (χ1n) is 8.66. The van der Waals surface area contributed by atoms with Gasteiger partial charge in [-0.1, -0.05) is 20.8 Å². The van der Waals surface area contributed by atoms with Gasteiger partial charge in [0.25, 0.3) is 0 Å². The maximum atomic E-state index is 12.5. The molecule has 1 atom stereocenters. The molecule has 0 unspecified atom stereocenters. The summed E-state index contributed by atoms with van der Waals surface area (Å²) in [5, 5.41) is 3.17. The molecule has 22 heavy (non-hydrogen) atoms. The van der Waals surface area contributed by atoms with E-state index in [0.717, 1.165) is 57.6 Å². The highest BCUT2D eigenvalue weighted by Gasteiger charge is 2.28. The second-order valence-corrected chi connectivity index (χ2v) is 6.48. The summed E-state index contributed by atoms with van der Waals surface area (Å²) in [6, 6.07) is 0.0796. The van der Waals surface area contributed by atoms with Gasteiger partial charge in [0, 0.05) is 37.9 Å². The lowest BCUT2D eigenvalue weighted by molar-refractivity contribution is 0.167. The van der Waals surface area contributed by atoms with E-state index in [0.29, 0.717) is 5.92 Å². The fourth-order valence-electron chi connectivity index (χ4n) is 3.39. The lowest BCUT2D eigenvalue weighted by Crippen LogP contribution is -2.48. The number of nitrogens with zero attached hydrogens (tertiary/aromatic N) is 2. The molecule has 1 aromatic rings. The Bertz CT molecular complexity index is 445. The van der Waals surface area contributed by atoms with Gasteiger partial charge in [-0.3, -0.25) is 0 Å². The van der Waals surface area contributed by atoms with Crippen LogP contribution < -0.4 is 5.32 Å². The van der Waals surface area contributed by atoms with E-state index in [1.807, 2.05) is 11.1 Å². The number of aromatic nitrogens is 2. The first kappa shape index (κ1) is 16.8. The molecule has 0 radical (unpaired) electrons. The van der Waals surface area contributed by atoms with Gasteiger partial charge in [-0.25, -0.2) is 9.78 Å². The monoisotopic (exact) mass is 306 g/mol. The molecule has 0 saturated carbocycles. The second-order valence-electron chi connectivity index (χ2n) is 6.48. The number of aromatic amines is 1. The highest BCUT2D eigenvalue weighted by molar-refractivity contribution is 5.74. The summed E-state index contributed by atoms with van der Waals surface area (Å²) in [6.45, 7) is 9.03. The lowest BCUT2D eigenvalue weighted by Gasteiger charge is -2.35. The van der Waals surface area contributed by atoms with Gasteiger partial charge in [0.1, 0.15) is 5.82 Å². The molecule has 1 saturated heterocycles. The molecular weight excluding hydrogens is 276 g/mol. The van der Waals surface area contributed by atoms with E-state index in [4.69, 9.17) is 0 Å². The van der Waals surface area contributed by atoms with Crippen LogP contribution in [0.4, 0.5) is 4.79 Å². The molecule has 1 aliphatic rings. The van der Waals surface area contributed by atoms with Crippen LogP contribution in [0.2, 0.25) is 0 Å². The summed E-state index contributed by atoms with van der Waals surface area (Å²) >= 11 is 0. The summed E-state index contributed by atoms with van der Waals surface area (Å²) in [7, 11) is 0. The third-order valence-electron chi connectivity index (χ3n) is 5.48. The molecule has 5 heteroatoms. The maximum Gasteiger partial charge on any atom is 0.317 e. The molecule has 1 aromatic heterocycles. The van der Waals surface area contributed by atoms with Crippen LogP contribution in [0.15, 0.2) is 12.4 Å². The molecule has 2 N–H and O–H groups in total. The Hall–Kier alpha value is -1.52. The van der Waals surface area contributed by atoms with Gasteiger partial charge in [0.15, 0.2) is 0 Å². The fourth-order valence-corrected chi connectivity index (χ4v) is 3.39. The highest BCUT2D eigenvalue weighted by Crippen LogP contribution is 2.29. The van der Waals surface area contributed by atoms with E-state index in [-0.39, 0.29) is 11.4 Å². The maximum absolute atomic E-state index is 12.5. The summed E-state index contributed by atoms with van der Waals surface area (Å²) in [5.74, 6) is 1.34. The Labute approximate surface area is 133 Å². The number of amides is 2. The molecule has 2 rings (SSSR count). The van der Waals surface area contributed by atoms with Gasteiger partial charge < -0.3 is 15.2 Å². The Morgan fingerprint density at radius 3 is 2.73 bits per heavy atom. The SMILES string of the molecule is CCC(CC)(CC)CNC(=O)N1CCC[C@@H](c2ncc[nH]2)C1. The largest absolute Gasteiger partial charge is 0.348 e. The van der Waals surface area contributed by atoms with Crippen LogP contribution in [0.5, 0.6) is 0 Å². The number of nitrogens with one attached hydrogen (secondary N) is 2. The number of likely N-dealkylation sites (tertiary alicyclic amines) is 1. The molecule has 1 aliphatic heterocycles. The topological polar surface area (TPSA) is 61.0 Å². The molecule has 2 amide bonds. The van der Waals surface area contributed by atoms with Crippen LogP contribution in [0.25, 0.3) is 0 Å². The summed E-state index contributed by atoms with van der Waals surface area (Å²) in [6.07, 6.45) is 9.10. The van der Waals surface area contributed by atoms with Crippen molar-refractivity contribution in [2.24, 2.45) is 5.41 Å². The van der Waals surface area contributed by atoms with Crippen molar-refractivity contribution < 1.29 is 4.79 Å². The number of piperidine rings is 1. The van der Waals surface area contributed by atoms with Crippen molar-refractivity contribution >= 4 is 6.03 Å². The Morgan fingerprint density at radius 2 is 2.14 bits per heavy atom. The summed E-state index contributed by atoms with van der Waals surface area (Å²) < 4.78 is 0. The smallest absolute Gasteiger partial charge is 0.317 e. The van der Waals surface area contributed by atoms with E-state index in [1.165, 1.54) is 0 Å². The minimum atomic E-state index is 0.0796. The number of carbonyl (C=O) groups excluding carboxylic acids is 1. The van der Waals surface area contributed by atoms with Crippen LogP contribution in [0.1, 0.15) is 64.6 Å². The molecule has 0 spiro atoms. The third-order valence-corrected chi connectivity index (χ3v) is 5.48. The van der Waals surface area contributed by atoms with Crippen molar-refractivity contribution in [3.8, 4) is 0 Å². The summed E-state index contributed by atoms with van der Waals surface area (Å²) in [5.41, 5.74) is 0.242. The van der Waals surface area contributed by atoms with Crippen molar-refractivity contribution in [3.05, 3.63) is 18.2 Å². The Morgan fingerprint density at radius 1 is 1.41 bits per heavy atom. The van der Waals surface area contributed by atoms with Crippen molar-refractivity contribution in [2.75, 3.05) is 19.6 Å². The van der Waals surface area contributed by atoms with E-state index in [1.54, 1.807) is 6.20 Å². The first-order valence-corrected chi connectivity index (χ1v) is 8.66. The average Bonchev–Trinajstić information content (AvgIpc) is 3.11. The second kappa shape index (κ2) is 7.65. The molecule has 5 nitrogen and oxygen atoms in total.